The summed E-state index contributed by atoms with van der Waals surface area (Å²) in [6.07, 6.45) is 3.56. The van der Waals surface area contributed by atoms with Gasteiger partial charge in [-0.3, -0.25) is 4.79 Å². The molecule has 0 aliphatic rings. The van der Waals surface area contributed by atoms with Gasteiger partial charge in [0, 0.05) is 16.8 Å². The maximum Gasteiger partial charge on any atom is 0.172 e. The number of ketones is 1. The van der Waals surface area contributed by atoms with Crippen LogP contribution in [-0.4, -0.2) is 23.0 Å². The van der Waals surface area contributed by atoms with E-state index in [2.05, 4.69) is 32.0 Å². The Morgan fingerprint density at radius 1 is 1.22 bits per heavy atom. The Morgan fingerprint density at radius 3 is 2.56 bits per heavy atom. The molecule has 0 bridgehead atoms. The monoisotopic (exact) mass is 429 g/mol. The van der Waals surface area contributed by atoms with Crippen molar-refractivity contribution in [3.05, 3.63) is 55.7 Å². The number of hydrogen-bond acceptors (Lipinski definition) is 4. The van der Waals surface area contributed by atoms with Crippen LogP contribution in [0, 0.1) is 13.8 Å². The summed E-state index contributed by atoms with van der Waals surface area (Å²) in [5.74, 6) is 0.143. The third-order valence-corrected chi connectivity index (χ3v) is 6.44. The van der Waals surface area contributed by atoms with Crippen LogP contribution in [-0.2, 0) is 12.8 Å². The van der Waals surface area contributed by atoms with Crippen molar-refractivity contribution >= 4 is 41.1 Å². The van der Waals surface area contributed by atoms with Crippen LogP contribution in [0.2, 0.25) is 5.02 Å². The zero-order chi connectivity index (χ0) is 19.3. The van der Waals surface area contributed by atoms with Crippen molar-refractivity contribution in [2.45, 2.75) is 58.4 Å². The number of aliphatic hydroxyl groups excluding tert-OH is 1. The molecule has 0 radical (unpaired) electrons. The molecule has 2 rings (SSSR count). The number of aliphatic hydroxyl groups is 1. The van der Waals surface area contributed by atoms with Gasteiger partial charge >= 0.3 is 0 Å². The number of halogens is 2. The molecule has 0 unspecified atom stereocenters. The Kier molecular flexibility index (Phi) is 9.46. The fourth-order valence-corrected chi connectivity index (χ4v) is 4.13. The van der Waals surface area contributed by atoms with E-state index in [1.807, 2.05) is 6.92 Å². The van der Waals surface area contributed by atoms with Gasteiger partial charge in [-0.2, -0.15) is 0 Å². The number of benzene rings is 1. The summed E-state index contributed by atoms with van der Waals surface area (Å²) < 4.78 is 0. The number of carbonyl (C=O) groups is 1. The highest BCUT2D eigenvalue weighted by atomic mass is 35.5. The number of carbonyl (C=O) groups excluding carboxylic acids is 1. The van der Waals surface area contributed by atoms with E-state index in [1.54, 1.807) is 6.07 Å². The molecule has 0 amide bonds. The lowest BCUT2D eigenvalue weighted by Crippen LogP contribution is -2.40. The normalized spacial score (nSPS) is 13.1. The molecular formula is C21H29Cl2NO2S. The van der Waals surface area contributed by atoms with Crippen LogP contribution < -0.4 is 5.73 Å². The zero-order valence-electron chi connectivity index (χ0n) is 16.2. The minimum absolute atomic E-state index is 0. The van der Waals surface area contributed by atoms with Crippen molar-refractivity contribution in [3.8, 4) is 0 Å². The van der Waals surface area contributed by atoms with E-state index >= 15 is 0 Å². The van der Waals surface area contributed by atoms with E-state index in [9.17, 15) is 9.90 Å². The molecule has 3 nitrogen and oxygen atoms in total. The molecular weight excluding hydrogens is 401 g/mol. The number of hydrogen-bond donors (Lipinski definition) is 2. The van der Waals surface area contributed by atoms with E-state index in [4.69, 9.17) is 17.3 Å². The second-order valence-electron chi connectivity index (χ2n) is 7.39. The second-order valence-corrected chi connectivity index (χ2v) is 8.93. The standard InChI is InChI=1S/C21H28ClNO2S.ClH/c1-14-7-8-16(11-15(14)2)5-4-6-18(25)20-12-17(22)19(26-20)9-10-21(3,23)13-24;/h7-8,11-12,24H,4-6,9-10,13,23H2,1-3H3;1H/t21-;/m1./s1. The Morgan fingerprint density at radius 2 is 1.93 bits per heavy atom. The average molecular weight is 430 g/mol. The van der Waals surface area contributed by atoms with Gasteiger partial charge in [0.05, 0.1) is 16.5 Å². The fraction of sp³-hybridized carbons (Fsp3) is 0.476. The van der Waals surface area contributed by atoms with E-state index in [-0.39, 0.29) is 24.8 Å². The first-order valence-corrected chi connectivity index (χ1v) is 10.2. The van der Waals surface area contributed by atoms with E-state index in [0.29, 0.717) is 29.2 Å². The van der Waals surface area contributed by atoms with Crippen LogP contribution in [0.1, 0.15) is 57.4 Å². The number of thiophene rings is 1. The van der Waals surface area contributed by atoms with Crippen molar-refractivity contribution in [1.29, 1.82) is 0 Å². The topological polar surface area (TPSA) is 63.3 Å². The largest absolute Gasteiger partial charge is 0.394 e. The number of Topliss-reactive ketones (excluding diaryl/α,β-unsaturated/α-hetero) is 1. The van der Waals surface area contributed by atoms with Gasteiger partial charge in [0.25, 0.3) is 0 Å². The van der Waals surface area contributed by atoms with Gasteiger partial charge < -0.3 is 10.8 Å². The first-order chi connectivity index (χ1) is 12.2. The number of nitrogens with two attached hydrogens (primary N) is 1. The predicted octanol–water partition coefficient (Wildman–Crippen LogP) is 5.29. The lowest BCUT2D eigenvalue weighted by molar-refractivity contribution is 0.0984. The molecule has 0 fully saturated rings. The van der Waals surface area contributed by atoms with Crippen LogP contribution in [0.25, 0.3) is 0 Å². The summed E-state index contributed by atoms with van der Waals surface area (Å²) in [5, 5.41) is 9.88. The lowest BCUT2D eigenvalue weighted by atomic mass is 9.98. The summed E-state index contributed by atoms with van der Waals surface area (Å²) in [6.45, 7) is 5.96. The molecule has 2 aromatic rings. The van der Waals surface area contributed by atoms with Gasteiger partial charge in [-0.25, -0.2) is 0 Å². The Hall–Kier alpha value is -0.910. The summed E-state index contributed by atoms with van der Waals surface area (Å²) in [6, 6.07) is 8.24. The van der Waals surface area contributed by atoms with Crippen LogP contribution in [0.4, 0.5) is 0 Å². The number of rotatable bonds is 9. The molecule has 0 spiro atoms. The molecule has 0 aliphatic heterocycles. The fourth-order valence-electron chi connectivity index (χ4n) is 2.73. The van der Waals surface area contributed by atoms with Gasteiger partial charge in [0.1, 0.15) is 0 Å². The molecule has 0 saturated heterocycles. The van der Waals surface area contributed by atoms with Crippen LogP contribution >= 0.6 is 35.3 Å². The number of aryl methyl sites for hydroxylation is 4. The van der Waals surface area contributed by atoms with E-state index < -0.39 is 5.54 Å². The van der Waals surface area contributed by atoms with Crippen LogP contribution in [0.15, 0.2) is 24.3 Å². The van der Waals surface area contributed by atoms with Gasteiger partial charge in [0.15, 0.2) is 5.78 Å². The maximum absolute atomic E-state index is 12.5. The molecule has 0 saturated carbocycles. The van der Waals surface area contributed by atoms with E-state index in [0.717, 1.165) is 17.7 Å². The average Bonchev–Trinajstić information content (AvgIpc) is 2.97. The molecule has 3 N–H and O–H groups in total. The Balaban J connectivity index is 0.00000364. The summed E-state index contributed by atoms with van der Waals surface area (Å²) in [4.78, 5) is 14.1. The SMILES string of the molecule is Cc1ccc(CCCC(=O)c2cc(Cl)c(CC[C@@](C)(N)CO)s2)cc1C.Cl. The van der Waals surface area contributed by atoms with Gasteiger partial charge in [0.2, 0.25) is 0 Å². The first-order valence-electron chi connectivity index (χ1n) is 8.99. The zero-order valence-corrected chi connectivity index (χ0v) is 18.6. The molecule has 1 heterocycles. The van der Waals surface area contributed by atoms with Crippen LogP contribution in [0.3, 0.4) is 0 Å². The quantitative estimate of drug-likeness (QED) is 0.532. The molecule has 27 heavy (non-hydrogen) atoms. The highest BCUT2D eigenvalue weighted by Gasteiger charge is 2.19. The van der Waals surface area contributed by atoms with Gasteiger partial charge in [-0.05, 0) is 69.2 Å². The lowest BCUT2D eigenvalue weighted by Gasteiger charge is -2.20. The van der Waals surface area contributed by atoms with Crippen molar-refractivity contribution in [1.82, 2.24) is 0 Å². The molecule has 150 valence electrons. The Bertz CT molecular complexity index is 772. The molecule has 0 aliphatic carbocycles. The van der Waals surface area contributed by atoms with E-state index in [1.165, 1.54) is 28.0 Å². The van der Waals surface area contributed by atoms with Gasteiger partial charge in [-0.15, -0.1) is 23.7 Å². The van der Waals surface area contributed by atoms with Gasteiger partial charge in [-0.1, -0.05) is 29.8 Å². The maximum atomic E-state index is 12.5. The van der Waals surface area contributed by atoms with Crippen molar-refractivity contribution in [2.24, 2.45) is 5.73 Å². The molecule has 1 aromatic carbocycles. The molecule has 6 heteroatoms. The smallest absolute Gasteiger partial charge is 0.172 e. The second kappa shape index (κ2) is 10.6. The summed E-state index contributed by atoms with van der Waals surface area (Å²) in [5.41, 5.74) is 9.20. The highest BCUT2D eigenvalue weighted by molar-refractivity contribution is 7.14. The van der Waals surface area contributed by atoms with Crippen molar-refractivity contribution in [2.75, 3.05) is 6.61 Å². The first kappa shape index (κ1) is 24.1. The molecule has 1 aromatic heterocycles. The summed E-state index contributed by atoms with van der Waals surface area (Å²) in [7, 11) is 0. The molecule has 1 atom stereocenters. The predicted molar refractivity (Wildman–Crippen MR) is 118 cm³/mol. The minimum Gasteiger partial charge on any atom is -0.394 e. The summed E-state index contributed by atoms with van der Waals surface area (Å²) >= 11 is 7.73. The Labute approximate surface area is 177 Å². The minimum atomic E-state index is -0.621. The third-order valence-electron chi connectivity index (χ3n) is 4.76. The highest BCUT2D eigenvalue weighted by Crippen LogP contribution is 2.30. The van der Waals surface area contributed by atoms with Crippen LogP contribution in [0.5, 0.6) is 0 Å². The van der Waals surface area contributed by atoms with Crippen molar-refractivity contribution in [3.63, 3.8) is 0 Å². The third kappa shape index (κ3) is 7.20. The van der Waals surface area contributed by atoms with Crippen molar-refractivity contribution < 1.29 is 9.90 Å².